The summed E-state index contributed by atoms with van der Waals surface area (Å²) in [4.78, 5) is 16.6. The van der Waals surface area contributed by atoms with Crippen molar-refractivity contribution < 1.29 is 40.2 Å². The van der Waals surface area contributed by atoms with Crippen LogP contribution in [0.1, 0.15) is 55.3 Å². The van der Waals surface area contributed by atoms with Crippen molar-refractivity contribution >= 4 is 60.6 Å². The third-order valence-electron chi connectivity index (χ3n) is 11.8. The van der Waals surface area contributed by atoms with Crippen LogP contribution < -0.4 is 25.8 Å². The molecule has 9 rings (SSSR count). The Labute approximate surface area is 322 Å². The molecule has 5 aromatic rings. The number of anilines is 3. The number of thiophene rings is 1. The van der Waals surface area contributed by atoms with Gasteiger partial charge >= 0.3 is 12.2 Å². The number of nitriles is 1. The van der Waals surface area contributed by atoms with Crippen LogP contribution >= 0.6 is 22.9 Å². The highest BCUT2D eigenvalue weighted by Gasteiger charge is 2.77. The second kappa shape index (κ2) is 12.3. The van der Waals surface area contributed by atoms with Crippen LogP contribution in [0, 0.1) is 28.4 Å². The number of hydrogen-bond donors (Lipinski definition) is 2. The van der Waals surface area contributed by atoms with Gasteiger partial charge in [0, 0.05) is 35.7 Å². The monoisotopic (exact) mass is 818 g/mol. The fraction of sp³-hybridized carbons (Fsp3) is 0.405. The summed E-state index contributed by atoms with van der Waals surface area (Å²) in [6.07, 6.45) is -2.74. The van der Waals surface area contributed by atoms with Gasteiger partial charge in [-0.05, 0) is 50.4 Å². The van der Waals surface area contributed by atoms with E-state index in [1.54, 1.807) is 17.9 Å². The van der Waals surface area contributed by atoms with Crippen molar-refractivity contribution in [3.05, 3.63) is 57.7 Å². The Bertz CT molecular complexity index is 2550. The number of ether oxygens (including phenoxy) is 2. The lowest BCUT2D eigenvalue weighted by Crippen LogP contribution is -2.43. The van der Waals surface area contributed by atoms with E-state index in [1.807, 2.05) is 11.0 Å². The summed E-state index contributed by atoms with van der Waals surface area (Å²) in [7, 11) is 0. The third kappa shape index (κ3) is 5.33. The van der Waals surface area contributed by atoms with Crippen molar-refractivity contribution in [2.75, 3.05) is 49.2 Å². The molecule has 10 nitrogen and oxygen atoms in total. The molecule has 0 unspecified atom stereocenters. The van der Waals surface area contributed by atoms with E-state index >= 15 is 22.0 Å². The quantitative estimate of drug-likeness (QED) is 0.160. The number of aromatic nitrogens is 3. The highest BCUT2D eigenvalue weighted by atomic mass is 35.5. The number of rotatable bonds is 6. The maximum Gasteiger partial charge on any atom is 0.420 e. The third-order valence-corrected chi connectivity index (χ3v) is 13.0. The van der Waals surface area contributed by atoms with Crippen LogP contribution in [0.25, 0.3) is 32.1 Å². The van der Waals surface area contributed by atoms with Crippen LogP contribution in [0.2, 0.25) is 5.02 Å². The molecule has 6 heterocycles. The van der Waals surface area contributed by atoms with Gasteiger partial charge in [-0.25, -0.2) is 22.5 Å². The molecule has 4 aliphatic rings. The van der Waals surface area contributed by atoms with Gasteiger partial charge in [0.15, 0.2) is 5.82 Å². The van der Waals surface area contributed by atoms with Crippen LogP contribution in [0.3, 0.4) is 0 Å². The van der Waals surface area contributed by atoms with Gasteiger partial charge in [-0.15, -0.1) is 11.3 Å². The van der Waals surface area contributed by atoms with E-state index in [4.69, 9.17) is 32.5 Å². The van der Waals surface area contributed by atoms with Gasteiger partial charge in [0.05, 0.1) is 44.2 Å². The molecule has 0 amide bonds. The summed E-state index contributed by atoms with van der Waals surface area (Å²) in [5.74, 6) is -6.08. The maximum absolute atomic E-state index is 17.5. The van der Waals surface area contributed by atoms with E-state index in [1.165, 1.54) is 6.20 Å². The Morgan fingerprint density at radius 1 is 1.14 bits per heavy atom. The minimum absolute atomic E-state index is 0.0719. The molecule has 3 aromatic heterocycles. The highest BCUT2D eigenvalue weighted by molar-refractivity contribution is 7.23. The highest BCUT2D eigenvalue weighted by Crippen LogP contribution is 2.69. The Kier molecular flexibility index (Phi) is 8.09. The van der Waals surface area contributed by atoms with Crippen molar-refractivity contribution in [1.82, 2.24) is 19.9 Å². The summed E-state index contributed by atoms with van der Waals surface area (Å²) in [5, 5.41) is 9.26. The molecular weight excluding hydrogens is 789 g/mol. The number of nitrogens with two attached hydrogens (primary N) is 2. The van der Waals surface area contributed by atoms with Gasteiger partial charge in [-0.2, -0.15) is 28.4 Å². The van der Waals surface area contributed by atoms with Gasteiger partial charge in [0.1, 0.15) is 58.6 Å². The molecule has 2 aromatic carbocycles. The van der Waals surface area contributed by atoms with Crippen LogP contribution in [0.15, 0.2) is 24.4 Å². The molecule has 3 atom stereocenters. The first-order chi connectivity index (χ1) is 26.5. The first-order valence-corrected chi connectivity index (χ1v) is 18.8. The molecule has 1 saturated carbocycles. The standard InChI is InChI=1S/C37H30ClF7N8O2S/c1-16(19-9-17(38)11-49-30(19)47)53-7-8-54-28-24-27(50-33(51-32(24)53)55-15-35-5-2-6-52(35)14-34(12-35)13-36(34,41)42)26(40)23(25(28)37(43,44)45)18-3-4-21(39)29-22(18)20(10-46)31(48)56-29/h3-4,9,11,16H,2,5-8,12-15,48H2,1H3,(H2,47,49)/t16-,34+,35+/m1/s1. The minimum Gasteiger partial charge on any atom is -0.490 e. The average Bonchev–Trinajstić information content (AvgIpc) is 3.38. The molecule has 2 saturated heterocycles. The van der Waals surface area contributed by atoms with Crippen LogP contribution in [-0.4, -0.2) is 64.2 Å². The Hall–Kier alpha value is -4.86. The minimum atomic E-state index is -5.28. The van der Waals surface area contributed by atoms with Gasteiger partial charge < -0.3 is 25.8 Å². The maximum atomic E-state index is 17.5. The number of fused-ring (bicyclic) bond motifs is 2. The molecule has 1 aliphatic carbocycles. The summed E-state index contributed by atoms with van der Waals surface area (Å²) in [6, 6.07) is 3.97. The Balaban J connectivity index is 1.29. The molecule has 4 N–H and O–H groups in total. The molecule has 0 radical (unpaired) electrons. The molecule has 3 aliphatic heterocycles. The predicted octanol–water partition coefficient (Wildman–Crippen LogP) is 8.50. The summed E-state index contributed by atoms with van der Waals surface area (Å²) in [6.45, 7) is 1.84. The zero-order chi connectivity index (χ0) is 39.7. The van der Waals surface area contributed by atoms with Crippen molar-refractivity contribution in [2.45, 2.75) is 56.3 Å². The van der Waals surface area contributed by atoms with Crippen LogP contribution in [-0.2, 0) is 6.18 Å². The SMILES string of the molecule is C[C@H](c1cc(Cl)cnc1N)N1CCOc2c(C(F)(F)F)c(-c3ccc(F)c4sc(N)c(C#N)c34)c(F)c3nc(OC[C@@]45CCCN4C[C@@]4(CC4(F)F)C5)nc1c23. The topological polar surface area (TPSA) is 139 Å². The summed E-state index contributed by atoms with van der Waals surface area (Å²) >= 11 is 6.91. The van der Waals surface area contributed by atoms with Gasteiger partial charge in [0.25, 0.3) is 5.92 Å². The van der Waals surface area contributed by atoms with E-state index in [2.05, 4.69) is 15.0 Å². The number of hydrogen-bond acceptors (Lipinski definition) is 11. The fourth-order valence-electron chi connectivity index (χ4n) is 9.06. The number of benzene rings is 2. The van der Waals surface area contributed by atoms with E-state index in [-0.39, 0.29) is 76.5 Å². The molecule has 0 bridgehead atoms. The van der Waals surface area contributed by atoms with Gasteiger partial charge in [-0.1, -0.05) is 17.7 Å². The van der Waals surface area contributed by atoms with Gasteiger partial charge in [-0.3, -0.25) is 4.90 Å². The molecule has 56 heavy (non-hydrogen) atoms. The zero-order valence-electron chi connectivity index (χ0n) is 29.3. The van der Waals surface area contributed by atoms with Crippen LogP contribution in [0.5, 0.6) is 11.8 Å². The predicted molar refractivity (Wildman–Crippen MR) is 195 cm³/mol. The molecular formula is C37H30ClF7N8O2S. The molecule has 19 heteroatoms. The second-order valence-corrected chi connectivity index (χ2v) is 16.4. The van der Waals surface area contributed by atoms with Crippen LogP contribution in [0.4, 0.5) is 47.4 Å². The zero-order valence-corrected chi connectivity index (χ0v) is 30.9. The molecule has 3 fully saturated rings. The van der Waals surface area contributed by atoms with Gasteiger partial charge in [0.2, 0.25) is 0 Å². The molecule has 292 valence electrons. The fourth-order valence-corrected chi connectivity index (χ4v) is 10.2. The van der Waals surface area contributed by atoms with Crippen molar-refractivity contribution in [2.24, 2.45) is 5.41 Å². The number of alkyl halides is 5. The average molecular weight is 819 g/mol. The summed E-state index contributed by atoms with van der Waals surface area (Å²) in [5.41, 5.74) is 6.67. The normalized spacial score (nSPS) is 23.3. The number of nitrogen functional groups attached to an aromatic ring is 2. The smallest absolute Gasteiger partial charge is 0.420 e. The number of nitrogens with zero attached hydrogens (tertiary/aromatic N) is 6. The first kappa shape index (κ1) is 36.8. The van der Waals surface area contributed by atoms with Crippen molar-refractivity contribution in [3.63, 3.8) is 0 Å². The molecule has 1 spiro atoms. The second-order valence-electron chi connectivity index (χ2n) is 14.9. The summed E-state index contributed by atoms with van der Waals surface area (Å²) < 4.78 is 120. The largest absolute Gasteiger partial charge is 0.490 e. The number of halogens is 8. The lowest BCUT2D eigenvalue weighted by Gasteiger charge is -2.32. The lowest BCUT2D eigenvalue weighted by molar-refractivity contribution is -0.138. The van der Waals surface area contributed by atoms with Crippen molar-refractivity contribution in [1.29, 1.82) is 5.26 Å². The van der Waals surface area contributed by atoms with E-state index in [0.717, 1.165) is 18.6 Å². The van der Waals surface area contributed by atoms with E-state index < -0.39 is 80.1 Å². The number of pyridine rings is 1. The lowest BCUT2D eigenvalue weighted by atomic mass is 9.89. The Morgan fingerprint density at radius 2 is 1.91 bits per heavy atom. The van der Waals surface area contributed by atoms with Crippen molar-refractivity contribution in [3.8, 4) is 29.0 Å². The van der Waals surface area contributed by atoms with E-state index in [0.29, 0.717) is 29.9 Å². The Morgan fingerprint density at radius 3 is 2.62 bits per heavy atom. The van der Waals surface area contributed by atoms with E-state index in [9.17, 15) is 14.0 Å². The first-order valence-electron chi connectivity index (χ1n) is 17.6.